The van der Waals surface area contributed by atoms with Crippen LogP contribution in [0, 0.1) is 0 Å². The standard InChI is InChI=1S/C24H25Br2N7O5/c1-24(2,3)37-23(36)31-21(30-22(34)35)33-9-8-14(12-33)20-29-19(32-38-20)13-4-7-18(27-11-13)28-17-10-15(25)5-6-16(17)26/h4-7,10-11,14H,8-9,12H2,1-3H3,(H,27,28)(H,34,35)(H,30,31,36). The first-order valence-corrected chi connectivity index (χ1v) is 13.1. The maximum Gasteiger partial charge on any atom is 0.434 e. The molecule has 1 unspecified atom stereocenters. The van der Waals surface area contributed by atoms with Crippen LogP contribution >= 0.6 is 31.9 Å². The molecule has 14 heteroatoms. The molecule has 3 heterocycles. The number of anilines is 2. The summed E-state index contributed by atoms with van der Waals surface area (Å²) < 4.78 is 12.6. The highest BCUT2D eigenvalue weighted by molar-refractivity contribution is 9.11. The second kappa shape index (κ2) is 11.5. The van der Waals surface area contributed by atoms with E-state index >= 15 is 0 Å². The molecule has 0 radical (unpaired) electrons. The van der Waals surface area contributed by atoms with Gasteiger partial charge < -0.3 is 24.6 Å². The van der Waals surface area contributed by atoms with Crippen molar-refractivity contribution in [1.29, 1.82) is 0 Å². The second-order valence-corrected chi connectivity index (χ2v) is 11.2. The van der Waals surface area contributed by atoms with Crippen molar-refractivity contribution in [2.24, 2.45) is 4.99 Å². The molecule has 0 spiro atoms. The number of alkyl carbamates (subject to hydrolysis) is 1. The lowest BCUT2D eigenvalue weighted by Gasteiger charge is -2.23. The SMILES string of the molecule is CC(C)(C)OC(=O)NC(=NC(=O)O)N1CCC(c2nc(-c3ccc(Nc4cc(Br)ccc4Br)nc3)no2)C1. The average molecular weight is 651 g/mol. The predicted octanol–water partition coefficient (Wildman–Crippen LogP) is 5.75. The number of pyridine rings is 1. The van der Waals surface area contributed by atoms with Gasteiger partial charge in [0.15, 0.2) is 0 Å². The van der Waals surface area contributed by atoms with Crippen LogP contribution in [0.25, 0.3) is 11.4 Å². The number of nitrogens with one attached hydrogen (secondary N) is 2. The zero-order valence-corrected chi connectivity index (χ0v) is 23.9. The number of aliphatic imine (C=N–C) groups is 1. The van der Waals surface area contributed by atoms with E-state index < -0.39 is 17.8 Å². The normalized spacial score (nSPS) is 15.9. The van der Waals surface area contributed by atoms with Gasteiger partial charge >= 0.3 is 12.2 Å². The van der Waals surface area contributed by atoms with Crippen LogP contribution in [-0.4, -0.2) is 62.0 Å². The van der Waals surface area contributed by atoms with Gasteiger partial charge in [0.1, 0.15) is 11.4 Å². The summed E-state index contributed by atoms with van der Waals surface area (Å²) in [5.41, 5.74) is 0.790. The van der Waals surface area contributed by atoms with Gasteiger partial charge in [-0.15, -0.1) is 4.99 Å². The van der Waals surface area contributed by atoms with Crippen LogP contribution < -0.4 is 10.6 Å². The van der Waals surface area contributed by atoms with E-state index in [9.17, 15) is 9.59 Å². The Labute approximate surface area is 235 Å². The number of nitrogens with zero attached hydrogens (tertiary/aromatic N) is 5. The Bertz CT molecular complexity index is 1350. The maximum absolute atomic E-state index is 12.2. The van der Waals surface area contributed by atoms with Crippen LogP contribution in [-0.2, 0) is 4.74 Å². The number of benzene rings is 1. The molecule has 1 aliphatic rings. The van der Waals surface area contributed by atoms with Crippen molar-refractivity contribution in [1.82, 2.24) is 25.3 Å². The molecular formula is C24H25Br2N7O5. The Hall–Kier alpha value is -3.52. The van der Waals surface area contributed by atoms with E-state index in [1.165, 1.54) is 0 Å². The Morgan fingerprint density at radius 3 is 2.71 bits per heavy atom. The fraction of sp³-hybridized carbons (Fsp3) is 0.333. The van der Waals surface area contributed by atoms with Crippen molar-refractivity contribution in [3.8, 4) is 11.4 Å². The highest BCUT2D eigenvalue weighted by Crippen LogP contribution is 2.30. The summed E-state index contributed by atoms with van der Waals surface area (Å²) in [5.74, 6) is 1.13. The fourth-order valence-corrected chi connectivity index (χ4v) is 4.37. The maximum atomic E-state index is 12.2. The number of carboxylic acid groups (broad SMARTS) is 1. The largest absolute Gasteiger partial charge is 0.463 e. The van der Waals surface area contributed by atoms with Crippen LogP contribution in [0.15, 0.2) is 55.0 Å². The highest BCUT2D eigenvalue weighted by atomic mass is 79.9. The lowest BCUT2D eigenvalue weighted by Crippen LogP contribution is -2.45. The number of rotatable bonds is 4. The fourth-order valence-electron chi connectivity index (χ4n) is 3.67. The minimum absolute atomic E-state index is 0.113. The molecule has 3 aromatic rings. The Morgan fingerprint density at radius 2 is 2.03 bits per heavy atom. The quantitative estimate of drug-likeness (QED) is 0.235. The predicted molar refractivity (Wildman–Crippen MR) is 146 cm³/mol. The van der Waals surface area contributed by atoms with Gasteiger partial charge in [-0.25, -0.2) is 14.6 Å². The van der Waals surface area contributed by atoms with Gasteiger partial charge in [-0.05, 0) is 73.5 Å². The highest BCUT2D eigenvalue weighted by Gasteiger charge is 2.32. The van der Waals surface area contributed by atoms with Crippen molar-refractivity contribution in [2.75, 3.05) is 18.4 Å². The number of halogens is 2. The molecule has 3 N–H and O–H groups in total. The summed E-state index contributed by atoms with van der Waals surface area (Å²) in [5, 5.41) is 18.9. The first kappa shape index (κ1) is 27.5. The molecule has 1 aliphatic heterocycles. The van der Waals surface area contributed by atoms with Gasteiger partial charge in [0.2, 0.25) is 17.7 Å². The van der Waals surface area contributed by atoms with Gasteiger partial charge in [-0.1, -0.05) is 21.1 Å². The van der Waals surface area contributed by atoms with Gasteiger partial charge in [-0.2, -0.15) is 4.98 Å². The molecule has 2 amide bonds. The Kier molecular flexibility index (Phi) is 8.31. The van der Waals surface area contributed by atoms with Crippen LogP contribution in [0.2, 0.25) is 0 Å². The van der Waals surface area contributed by atoms with E-state index in [1.807, 2.05) is 30.3 Å². The zero-order chi connectivity index (χ0) is 27.4. The van der Waals surface area contributed by atoms with E-state index in [0.29, 0.717) is 42.6 Å². The monoisotopic (exact) mass is 649 g/mol. The van der Waals surface area contributed by atoms with Crippen molar-refractivity contribution in [3.63, 3.8) is 0 Å². The molecule has 38 heavy (non-hydrogen) atoms. The zero-order valence-electron chi connectivity index (χ0n) is 20.7. The van der Waals surface area contributed by atoms with Gasteiger partial charge in [0.25, 0.3) is 0 Å². The van der Waals surface area contributed by atoms with Crippen LogP contribution in [0.4, 0.5) is 21.1 Å². The number of carbonyl (C=O) groups is 2. The number of guanidine groups is 1. The van der Waals surface area contributed by atoms with Crippen molar-refractivity contribution in [3.05, 3.63) is 51.4 Å². The number of aromatic nitrogens is 3. The molecule has 2 aromatic heterocycles. The van der Waals surface area contributed by atoms with E-state index in [2.05, 4.69) is 62.6 Å². The molecule has 12 nitrogen and oxygen atoms in total. The number of likely N-dealkylation sites (tertiary alicyclic amines) is 1. The molecule has 0 aliphatic carbocycles. The average Bonchev–Trinajstić information content (AvgIpc) is 3.50. The number of hydrogen-bond donors (Lipinski definition) is 3. The minimum atomic E-state index is -1.43. The first-order chi connectivity index (χ1) is 18.0. The van der Waals surface area contributed by atoms with Crippen molar-refractivity contribution < 1.29 is 24.0 Å². The summed E-state index contributed by atoms with van der Waals surface area (Å²) in [6.07, 6.45) is 0.0152. The minimum Gasteiger partial charge on any atom is -0.463 e. The van der Waals surface area contributed by atoms with Crippen molar-refractivity contribution in [2.45, 2.75) is 38.7 Å². The van der Waals surface area contributed by atoms with Crippen molar-refractivity contribution >= 4 is 61.5 Å². The summed E-state index contributed by atoms with van der Waals surface area (Å²) in [6, 6.07) is 9.44. The summed E-state index contributed by atoms with van der Waals surface area (Å²) in [4.78, 5) is 37.5. The summed E-state index contributed by atoms with van der Waals surface area (Å²) >= 11 is 6.97. The van der Waals surface area contributed by atoms with E-state index in [-0.39, 0.29) is 11.9 Å². The number of carbonyl (C=O) groups excluding carboxylic acids is 1. The molecule has 200 valence electrons. The van der Waals surface area contributed by atoms with Gasteiger partial charge in [-0.3, -0.25) is 5.32 Å². The van der Waals surface area contributed by atoms with E-state index in [1.54, 1.807) is 31.9 Å². The third kappa shape index (κ3) is 7.28. The number of hydrogen-bond acceptors (Lipinski definition) is 8. The van der Waals surface area contributed by atoms with Gasteiger partial charge in [0, 0.05) is 33.8 Å². The molecule has 4 rings (SSSR count). The van der Waals surface area contributed by atoms with Crippen LogP contribution in [0.3, 0.4) is 0 Å². The van der Waals surface area contributed by atoms with E-state index in [4.69, 9.17) is 14.4 Å². The third-order valence-electron chi connectivity index (χ3n) is 5.31. The summed E-state index contributed by atoms with van der Waals surface area (Å²) in [7, 11) is 0. The molecule has 0 bridgehead atoms. The second-order valence-electron chi connectivity index (χ2n) is 9.41. The molecule has 1 fully saturated rings. The number of ether oxygens (including phenoxy) is 1. The molecular weight excluding hydrogens is 626 g/mol. The van der Waals surface area contributed by atoms with Crippen LogP contribution in [0.5, 0.6) is 0 Å². The smallest absolute Gasteiger partial charge is 0.434 e. The lowest BCUT2D eigenvalue weighted by atomic mass is 10.1. The first-order valence-electron chi connectivity index (χ1n) is 11.6. The van der Waals surface area contributed by atoms with Gasteiger partial charge in [0.05, 0.1) is 11.6 Å². The van der Waals surface area contributed by atoms with Crippen LogP contribution in [0.1, 0.15) is 39.0 Å². The number of amides is 2. The Balaban J connectivity index is 1.41. The summed E-state index contributed by atoms with van der Waals surface area (Å²) in [6.45, 7) is 5.88. The molecule has 1 saturated heterocycles. The topological polar surface area (TPSA) is 155 Å². The molecule has 1 aromatic carbocycles. The molecule has 0 saturated carbocycles. The Morgan fingerprint density at radius 1 is 1.24 bits per heavy atom. The molecule has 1 atom stereocenters. The third-order valence-corrected chi connectivity index (χ3v) is 6.49. The van der Waals surface area contributed by atoms with E-state index in [0.717, 1.165) is 14.6 Å². The lowest BCUT2D eigenvalue weighted by molar-refractivity contribution is 0.0557.